The Bertz CT molecular complexity index is 1220. The van der Waals surface area contributed by atoms with Gasteiger partial charge in [0, 0.05) is 19.4 Å². The molecule has 0 fully saturated rings. The van der Waals surface area contributed by atoms with Crippen molar-refractivity contribution in [1.82, 2.24) is 0 Å². The van der Waals surface area contributed by atoms with Crippen LogP contribution >= 0.6 is 7.82 Å². The van der Waals surface area contributed by atoms with E-state index >= 15 is 0 Å². The fourth-order valence-electron chi connectivity index (χ4n) is 10.9. The lowest BCUT2D eigenvalue weighted by Crippen LogP contribution is -2.29. The van der Waals surface area contributed by atoms with Gasteiger partial charge in [-0.25, -0.2) is 4.57 Å². The number of hydrogen-bond donors (Lipinski definition) is 2. The summed E-state index contributed by atoms with van der Waals surface area (Å²) in [5.74, 6) is -0.799. The van der Waals surface area contributed by atoms with Gasteiger partial charge >= 0.3 is 19.8 Å². The molecule has 0 heterocycles. The van der Waals surface area contributed by atoms with Gasteiger partial charge in [-0.05, 0) is 12.8 Å². The van der Waals surface area contributed by atoms with E-state index in [4.69, 9.17) is 24.3 Å². The molecule has 0 aliphatic heterocycles. The summed E-state index contributed by atoms with van der Waals surface area (Å²) >= 11 is 0. The first-order valence-electron chi connectivity index (χ1n) is 34.5. The van der Waals surface area contributed by atoms with Crippen molar-refractivity contribution in [2.45, 2.75) is 392 Å². The highest BCUT2D eigenvalue weighted by Crippen LogP contribution is 2.43. The van der Waals surface area contributed by atoms with Crippen molar-refractivity contribution in [3.63, 3.8) is 0 Å². The Morgan fingerprint density at radius 3 is 0.792 bits per heavy atom. The number of hydrogen-bond acceptors (Lipinski definition) is 8. The molecule has 10 heteroatoms. The van der Waals surface area contributed by atoms with Crippen molar-refractivity contribution in [3.8, 4) is 0 Å². The molecule has 0 amide bonds. The number of carbonyl (C=O) groups excluding carboxylic acids is 2. The largest absolute Gasteiger partial charge is 0.472 e. The topological polar surface area (TPSA) is 134 Å². The van der Waals surface area contributed by atoms with Crippen LogP contribution in [0.4, 0.5) is 0 Å². The minimum atomic E-state index is -4.38. The Morgan fingerprint density at radius 1 is 0.338 bits per heavy atom. The highest BCUT2D eigenvalue weighted by atomic mass is 31.2. The molecule has 0 radical (unpaired) electrons. The van der Waals surface area contributed by atoms with E-state index in [-0.39, 0.29) is 38.6 Å². The molecular formula is C67H134NO8P. The van der Waals surface area contributed by atoms with E-state index in [2.05, 4.69) is 13.8 Å². The maximum absolute atomic E-state index is 12.7. The van der Waals surface area contributed by atoms with Gasteiger partial charge in [-0.15, -0.1) is 0 Å². The summed E-state index contributed by atoms with van der Waals surface area (Å²) in [6.45, 7) is 3.84. The zero-order valence-corrected chi connectivity index (χ0v) is 52.6. The molecule has 0 spiro atoms. The molecule has 0 saturated carbocycles. The molecule has 0 aliphatic rings. The molecule has 0 aromatic heterocycles. The van der Waals surface area contributed by atoms with Crippen molar-refractivity contribution >= 4 is 19.8 Å². The molecular weight excluding hydrogens is 978 g/mol. The monoisotopic (exact) mass is 1110 g/mol. The number of carbonyl (C=O) groups is 2. The first-order valence-corrected chi connectivity index (χ1v) is 36.0. The molecule has 9 nitrogen and oxygen atoms in total. The van der Waals surface area contributed by atoms with E-state index in [0.717, 1.165) is 32.1 Å². The van der Waals surface area contributed by atoms with Crippen molar-refractivity contribution in [2.24, 2.45) is 5.73 Å². The minimum Gasteiger partial charge on any atom is -0.462 e. The number of esters is 2. The zero-order chi connectivity index (χ0) is 55.9. The van der Waals surface area contributed by atoms with Crippen molar-refractivity contribution in [1.29, 1.82) is 0 Å². The maximum Gasteiger partial charge on any atom is 0.472 e. The van der Waals surface area contributed by atoms with Crippen molar-refractivity contribution in [3.05, 3.63) is 0 Å². The van der Waals surface area contributed by atoms with Gasteiger partial charge in [0.1, 0.15) is 6.61 Å². The Morgan fingerprint density at radius 2 is 0.558 bits per heavy atom. The molecule has 77 heavy (non-hydrogen) atoms. The first-order chi connectivity index (χ1) is 37.8. The normalized spacial score (nSPS) is 12.8. The summed E-state index contributed by atoms with van der Waals surface area (Å²) in [5.41, 5.74) is 5.40. The summed E-state index contributed by atoms with van der Waals surface area (Å²) in [5, 5.41) is 0. The number of ether oxygens (including phenoxy) is 2. The molecule has 0 aromatic carbocycles. The van der Waals surface area contributed by atoms with E-state index < -0.39 is 26.5 Å². The first kappa shape index (κ1) is 76.0. The molecule has 2 atom stereocenters. The van der Waals surface area contributed by atoms with Crippen LogP contribution in [0.15, 0.2) is 0 Å². The molecule has 0 saturated heterocycles. The Balaban J connectivity index is 3.74. The van der Waals surface area contributed by atoms with Gasteiger partial charge in [0.15, 0.2) is 6.10 Å². The van der Waals surface area contributed by atoms with Gasteiger partial charge in [0.2, 0.25) is 0 Å². The fourth-order valence-corrected chi connectivity index (χ4v) is 11.6. The molecule has 0 aromatic rings. The van der Waals surface area contributed by atoms with E-state index in [9.17, 15) is 19.0 Å². The van der Waals surface area contributed by atoms with E-state index in [1.54, 1.807) is 0 Å². The third-order valence-electron chi connectivity index (χ3n) is 16.0. The Labute approximate surface area is 479 Å². The molecule has 2 unspecified atom stereocenters. The van der Waals surface area contributed by atoms with Crippen LogP contribution in [0.5, 0.6) is 0 Å². The van der Waals surface area contributed by atoms with Crippen LogP contribution in [-0.4, -0.2) is 49.3 Å². The Kier molecular flexibility index (Phi) is 63.4. The third kappa shape index (κ3) is 64.1. The van der Waals surface area contributed by atoms with Crippen LogP contribution in [0.2, 0.25) is 0 Å². The average molecular weight is 1110 g/mol. The van der Waals surface area contributed by atoms with Gasteiger partial charge in [-0.3, -0.25) is 18.6 Å². The minimum absolute atomic E-state index is 0.0587. The van der Waals surface area contributed by atoms with Crippen LogP contribution in [0.1, 0.15) is 386 Å². The van der Waals surface area contributed by atoms with Gasteiger partial charge in [0.05, 0.1) is 13.2 Å². The standard InChI is InChI=1S/C67H134NO8P/c1-3-5-7-9-11-13-15-17-19-21-23-24-25-26-27-28-29-30-31-32-33-34-35-36-37-38-39-40-42-44-46-48-50-52-54-56-58-60-67(70)76-65(64-75-77(71,72)74-62-61-68)63-73-66(69)59-57-55-53-51-49-47-45-43-41-22-20-18-16-14-12-10-8-6-4-2/h65H,3-64,68H2,1-2H3,(H,71,72). The summed E-state index contributed by atoms with van der Waals surface area (Å²) < 4.78 is 33.1. The average Bonchev–Trinajstić information content (AvgIpc) is 3.42. The second-order valence-electron chi connectivity index (χ2n) is 23.8. The summed E-state index contributed by atoms with van der Waals surface area (Å²) in [6.07, 6.45) is 75.0. The number of unbranched alkanes of at least 4 members (excludes halogenated alkanes) is 54. The molecule has 0 rings (SSSR count). The van der Waals surface area contributed by atoms with Crippen molar-refractivity contribution in [2.75, 3.05) is 26.4 Å². The molecule has 0 aliphatic carbocycles. The van der Waals surface area contributed by atoms with Crippen LogP contribution < -0.4 is 5.73 Å². The van der Waals surface area contributed by atoms with Crippen LogP contribution in [0.25, 0.3) is 0 Å². The van der Waals surface area contributed by atoms with Gasteiger partial charge in [0.25, 0.3) is 0 Å². The predicted octanol–water partition coefficient (Wildman–Crippen LogP) is 22.2. The highest BCUT2D eigenvalue weighted by Gasteiger charge is 2.26. The third-order valence-corrected chi connectivity index (χ3v) is 17.0. The zero-order valence-electron chi connectivity index (χ0n) is 51.7. The van der Waals surface area contributed by atoms with Gasteiger partial charge in [-0.1, -0.05) is 361 Å². The van der Waals surface area contributed by atoms with Crippen LogP contribution in [0, 0.1) is 0 Å². The van der Waals surface area contributed by atoms with Crippen molar-refractivity contribution < 1.29 is 37.6 Å². The van der Waals surface area contributed by atoms with E-state index in [1.807, 2.05) is 0 Å². The number of nitrogens with two attached hydrogens (primary N) is 1. The lowest BCUT2D eigenvalue weighted by atomic mass is 10.0. The summed E-state index contributed by atoms with van der Waals surface area (Å²) in [4.78, 5) is 35.3. The summed E-state index contributed by atoms with van der Waals surface area (Å²) in [6, 6.07) is 0. The predicted molar refractivity (Wildman–Crippen MR) is 331 cm³/mol. The quantitative estimate of drug-likeness (QED) is 0.0347. The number of phosphoric acid groups is 1. The molecule has 3 N–H and O–H groups in total. The second kappa shape index (κ2) is 64.2. The number of rotatable bonds is 67. The Hall–Kier alpha value is -0.990. The lowest BCUT2D eigenvalue weighted by Gasteiger charge is -2.19. The van der Waals surface area contributed by atoms with Gasteiger partial charge in [-0.2, -0.15) is 0 Å². The molecule has 460 valence electrons. The fraction of sp³-hybridized carbons (Fsp3) is 0.970. The lowest BCUT2D eigenvalue weighted by molar-refractivity contribution is -0.161. The van der Waals surface area contributed by atoms with Crippen LogP contribution in [0.3, 0.4) is 0 Å². The van der Waals surface area contributed by atoms with E-state index in [0.29, 0.717) is 6.42 Å². The number of phosphoric ester groups is 1. The second-order valence-corrected chi connectivity index (χ2v) is 25.2. The van der Waals surface area contributed by atoms with Gasteiger partial charge < -0.3 is 20.1 Å². The van der Waals surface area contributed by atoms with Crippen LogP contribution in [-0.2, 0) is 32.7 Å². The van der Waals surface area contributed by atoms with E-state index in [1.165, 1.54) is 321 Å². The highest BCUT2D eigenvalue weighted by molar-refractivity contribution is 7.47. The smallest absolute Gasteiger partial charge is 0.462 e. The molecule has 0 bridgehead atoms. The maximum atomic E-state index is 12.7. The summed E-state index contributed by atoms with van der Waals surface area (Å²) in [7, 11) is -4.38. The SMILES string of the molecule is CCCCCCCCCCCCCCCCCCCCCCCCCCCCCCCCCCCCCCCC(=O)OC(COC(=O)CCCCCCCCCCCCCCCCCCCCC)COP(=O)(O)OCCN.